The van der Waals surface area contributed by atoms with Crippen LogP contribution in [0.4, 0.5) is 0 Å². The molecular weight excluding hydrogens is 352 g/mol. The Morgan fingerprint density at radius 2 is 1.81 bits per heavy atom. The topological polar surface area (TPSA) is 84.5 Å². The van der Waals surface area contributed by atoms with Crippen molar-refractivity contribution in [1.82, 2.24) is 10.0 Å². The van der Waals surface area contributed by atoms with Gasteiger partial charge in [-0.1, -0.05) is 39.0 Å². The van der Waals surface area contributed by atoms with Crippen LogP contribution in [0.1, 0.15) is 58.3 Å². The van der Waals surface area contributed by atoms with Crippen LogP contribution in [0.15, 0.2) is 29.2 Å². The summed E-state index contributed by atoms with van der Waals surface area (Å²) in [6, 6.07) is 6.22. The molecular formula is C19H30N2O4S. The molecule has 1 aliphatic carbocycles. The molecule has 1 saturated carbocycles. The Hall–Kier alpha value is -1.60. The summed E-state index contributed by atoms with van der Waals surface area (Å²) in [4.78, 5) is 11.9. The van der Waals surface area contributed by atoms with Crippen LogP contribution < -0.4 is 14.8 Å². The summed E-state index contributed by atoms with van der Waals surface area (Å²) in [5, 5.41) is 2.80. The van der Waals surface area contributed by atoms with Gasteiger partial charge in [0.15, 0.2) is 6.61 Å². The van der Waals surface area contributed by atoms with Crippen LogP contribution in [0.2, 0.25) is 0 Å². The summed E-state index contributed by atoms with van der Waals surface area (Å²) in [6.07, 6.45) is 8.27. The summed E-state index contributed by atoms with van der Waals surface area (Å²) in [7, 11) is -3.51. The average Bonchev–Trinajstić information content (AvgIpc) is 2.64. The maximum atomic E-state index is 12.4. The van der Waals surface area contributed by atoms with Crippen LogP contribution in [-0.4, -0.2) is 33.5 Å². The number of sulfonamides is 1. The van der Waals surface area contributed by atoms with Gasteiger partial charge in [-0.05, 0) is 43.5 Å². The zero-order valence-electron chi connectivity index (χ0n) is 15.5. The number of ether oxygens (including phenoxy) is 1. The van der Waals surface area contributed by atoms with E-state index in [1.165, 1.54) is 18.6 Å². The van der Waals surface area contributed by atoms with Gasteiger partial charge >= 0.3 is 0 Å². The van der Waals surface area contributed by atoms with E-state index in [0.29, 0.717) is 12.3 Å². The van der Waals surface area contributed by atoms with Crippen molar-refractivity contribution in [2.45, 2.75) is 69.2 Å². The third-order valence-electron chi connectivity index (χ3n) is 4.53. The highest BCUT2D eigenvalue weighted by atomic mass is 32.2. The van der Waals surface area contributed by atoms with Gasteiger partial charge in [-0.3, -0.25) is 4.79 Å². The van der Waals surface area contributed by atoms with Gasteiger partial charge in [0.1, 0.15) is 5.75 Å². The second-order valence-corrected chi connectivity index (χ2v) is 8.49. The number of carbonyl (C=O) groups is 1. The number of nitrogens with one attached hydrogen (secondary N) is 2. The Bertz CT molecular complexity index is 653. The van der Waals surface area contributed by atoms with Crippen molar-refractivity contribution in [3.63, 3.8) is 0 Å². The zero-order chi connectivity index (χ0) is 18.8. The zero-order valence-corrected chi connectivity index (χ0v) is 16.3. The molecule has 2 rings (SSSR count). The normalized spacial score (nSPS) is 15.6. The van der Waals surface area contributed by atoms with E-state index >= 15 is 0 Å². The predicted molar refractivity (Wildman–Crippen MR) is 102 cm³/mol. The number of carbonyl (C=O) groups excluding carboxylic acids is 1. The SMILES string of the molecule is CCCCCNC(=O)COc1ccc(S(=O)(=O)NC2CCCCC2)cc1. The lowest BCUT2D eigenvalue weighted by atomic mass is 9.96. The first kappa shape index (κ1) is 20.7. The molecule has 0 aromatic heterocycles. The third-order valence-corrected chi connectivity index (χ3v) is 6.07. The number of hydrogen-bond donors (Lipinski definition) is 2. The van der Waals surface area contributed by atoms with Gasteiger partial charge in [0.05, 0.1) is 4.90 Å². The van der Waals surface area contributed by atoms with Crippen LogP contribution in [0.25, 0.3) is 0 Å². The molecule has 1 fully saturated rings. The van der Waals surface area contributed by atoms with Crippen LogP contribution >= 0.6 is 0 Å². The minimum Gasteiger partial charge on any atom is -0.484 e. The first-order chi connectivity index (χ1) is 12.5. The summed E-state index contributed by atoms with van der Waals surface area (Å²) in [5.41, 5.74) is 0. The fourth-order valence-electron chi connectivity index (χ4n) is 3.03. The van der Waals surface area contributed by atoms with E-state index in [0.717, 1.165) is 44.9 Å². The van der Waals surface area contributed by atoms with Gasteiger partial charge in [0, 0.05) is 12.6 Å². The van der Waals surface area contributed by atoms with E-state index in [2.05, 4.69) is 17.0 Å². The molecule has 0 radical (unpaired) electrons. The highest BCUT2D eigenvalue weighted by molar-refractivity contribution is 7.89. The molecule has 146 valence electrons. The van der Waals surface area contributed by atoms with E-state index in [1.54, 1.807) is 12.1 Å². The molecule has 7 heteroatoms. The Labute approximate surface area is 156 Å². The highest BCUT2D eigenvalue weighted by Gasteiger charge is 2.21. The molecule has 0 bridgehead atoms. The monoisotopic (exact) mass is 382 g/mol. The molecule has 1 amide bonds. The fourth-order valence-corrected chi connectivity index (χ4v) is 4.33. The number of unbranched alkanes of at least 4 members (excludes halogenated alkanes) is 2. The van der Waals surface area contributed by atoms with E-state index in [4.69, 9.17) is 4.74 Å². The molecule has 1 aliphatic rings. The van der Waals surface area contributed by atoms with Crippen molar-refractivity contribution < 1.29 is 17.9 Å². The molecule has 1 aromatic rings. The van der Waals surface area contributed by atoms with Crippen LogP contribution in [0.5, 0.6) is 5.75 Å². The summed E-state index contributed by atoms with van der Waals surface area (Å²) >= 11 is 0. The first-order valence-corrected chi connectivity index (χ1v) is 11.0. The van der Waals surface area contributed by atoms with Crippen molar-refractivity contribution in [1.29, 1.82) is 0 Å². The summed E-state index contributed by atoms with van der Waals surface area (Å²) in [5.74, 6) is 0.307. The Morgan fingerprint density at radius 1 is 1.12 bits per heavy atom. The van der Waals surface area contributed by atoms with Gasteiger partial charge < -0.3 is 10.1 Å². The van der Waals surface area contributed by atoms with Crippen molar-refractivity contribution in [2.75, 3.05) is 13.2 Å². The van der Waals surface area contributed by atoms with Crippen LogP contribution in [-0.2, 0) is 14.8 Å². The van der Waals surface area contributed by atoms with Crippen molar-refractivity contribution in [2.24, 2.45) is 0 Å². The van der Waals surface area contributed by atoms with E-state index in [-0.39, 0.29) is 23.5 Å². The number of hydrogen-bond acceptors (Lipinski definition) is 4. The Morgan fingerprint density at radius 3 is 2.46 bits per heavy atom. The number of amides is 1. The smallest absolute Gasteiger partial charge is 0.257 e. The van der Waals surface area contributed by atoms with Crippen molar-refractivity contribution >= 4 is 15.9 Å². The Balaban J connectivity index is 1.80. The maximum Gasteiger partial charge on any atom is 0.257 e. The van der Waals surface area contributed by atoms with Crippen LogP contribution in [0.3, 0.4) is 0 Å². The lowest BCUT2D eigenvalue weighted by molar-refractivity contribution is -0.123. The maximum absolute atomic E-state index is 12.4. The lowest BCUT2D eigenvalue weighted by Crippen LogP contribution is -2.36. The molecule has 0 spiro atoms. The Kier molecular flexibility index (Phi) is 8.38. The molecule has 26 heavy (non-hydrogen) atoms. The van der Waals surface area contributed by atoms with Crippen molar-refractivity contribution in [3.8, 4) is 5.75 Å². The minimum absolute atomic E-state index is 0.0288. The van der Waals surface area contributed by atoms with Gasteiger partial charge in [-0.25, -0.2) is 13.1 Å². The van der Waals surface area contributed by atoms with Gasteiger partial charge in [-0.15, -0.1) is 0 Å². The summed E-state index contributed by atoms with van der Waals surface area (Å²) < 4.78 is 33.1. The second-order valence-electron chi connectivity index (χ2n) is 6.77. The van der Waals surface area contributed by atoms with E-state index in [9.17, 15) is 13.2 Å². The van der Waals surface area contributed by atoms with Gasteiger partial charge in [-0.2, -0.15) is 0 Å². The minimum atomic E-state index is -3.51. The molecule has 0 saturated heterocycles. The van der Waals surface area contributed by atoms with Gasteiger partial charge in [0.2, 0.25) is 10.0 Å². The molecule has 0 aliphatic heterocycles. The quantitative estimate of drug-likeness (QED) is 0.609. The molecule has 0 unspecified atom stereocenters. The van der Waals surface area contributed by atoms with E-state index in [1.807, 2.05) is 0 Å². The van der Waals surface area contributed by atoms with Gasteiger partial charge in [0.25, 0.3) is 5.91 Å². The molecule has 1 aromatic carbocycles. The highest BCUT2D eigenvalue weighted by Crippen LogP contribution is 2.21. The fraction of sp³-hybridized carbons (Fsp3) is 0.632. The largest absolute Gasteiger partial charge is 0.484 e. The molecule has 0 atom stereocenters. The lowest BCUT2D eigenvalue weighted by Gasteiger charge is -2.22. The second kappa shape index (κ2) is 10.5. The summed E-state index contributed by atoms with van der Waals surface area (Å²) in [6.45, 7) is 2.69. The van der Waals surface area contributed by atoms with E-state index < -0.39 is 10.0 Å². The standard InChI is InChI=1S/C19H30N2O4S/c1-2-3-7-14-20-19(22)15-25-17-10-12-18(13-11-17)26(23,24)21-16-8-5-4-6-9-16/h10-13,16,21H,2-9,14-15H2,1H3,(H,20,22). The molecule has 2 N–H and O–H groups in total. The predicted octanol–water partition coefficient (Wildman–Crippen LogP) is 2.98. The average molecular weight is 383 g/mol. The number of rotatable bonds is 10. The van der Waals surface area contributed by atoms with Crippen LogP contribution in [0, 0.1) is 0 Å². The molecule has 6 nitrogen and oxygen atoms in total. The first-order valence-electron chi connectivity index (χ1n) is 9.53. The molecule has 0 heterocycles. The van der Waals surface area contributed by atoms with Crippen molar-refractivity contribution in [3.05, 3.63) is 24.3 Å². The third kappa shape index (κ3) is 6.96. The number of benzene rings is 1.